The van der Waals surface area contributed by atoms with Gasteiger partial charge in [0.05, 0.1) is 13.2 Å². The fourth-order valence-electron chi connectivity index (χ4n) is 5.08. The van der Waals surface area contributed by atoms with Gasteiger partial charge in [0, 0.05) is 12.8 Å². The molecule has 0 aliphatic carbocycles. The van der Waals surface area contributed by atoms with E-state index in [4.69, 9.17) is 24.8 Å². The summed E-state index contributed by atoms with van der Waals surface area (Å²) in [6, 6.07) is -1.52. The second kappa shape index (κ2) is 34.8. The number of rotatable bonds is 36. The Labute approximate surface area is 308 Å². The van der Waals surface area contributed by atoms with Crippen LogP contribution >= 0.6 is 7.82 Å². The van der Waals surface area contributed by atoms with Crippen LogP contribution in [0.4, 0.5) is 0 Å². The second-order valence-corrected chi connectivity index (χ2v) is 14.5. The molecular formula is C39H70NO10P. The molecule has 0 aromatic heterocycles. The molecule has 0 fully saturated rings. The number of allylic oxidation sites excluding steroid dienone is 6. The number of ether oxygens (including phenoxy) is 2. The van der Waals surface area contributed by atoms with Crippen LogP contribution in [-0.2, 0) is 37.5 Å². The molecule has 12 heteroatoms. The molecule has 0 spiro atoms. The van der Waals surface area contributed by atoms with E-state index in [0.717, 1.165) is 70.6 Å². The van der Waals surface area contributed by atoms with Crippen molar-refractivity contribution >= 4 is 25.7 Å². The van der Waals surface area contributed by atoms with E-state index in [2.05, 4.69) is 54.8 Å². The first-order chi connectivity index (χ1) is 24.6. The molecule has 51 heavy (non-hydrogen) atoms. The summed E-state index contributed by atoms with van der Waals surface area (Å²) in [4.78, 5) is 45.8. The number of carbonyl (C=O) groups is 3. The molecule has 0 aliphatic heterocycles. The normalized spacial score (nSPS) is 14.3. The van der Waals surface area contributed by atoms with E-state index in [-0.39, 0.29) is 19.4 Å². The summed E-state index contributed by atoms with van der Waals surface area (Å²) in [5, 5.41) is 8.86. The lowest BCUT2D eigenvalue weighted by atomic mass is 10.0. The maximum absolute atomic E-state index is 12.6. The molecule has 0 aromatic rings. The van der Waals surface area contributed by atoms with Crippen LogP contribution in [0.1, 0.15) is 162 Å². The molecule has 0 bridgehead atoms. The van der Waals surface area contributed by atoms with Crippen molar-refractivity contribution < 1.29 is 47.5 Å². The van der Waals surface area contributed by atoms with Crippen LogP contribution in [0.2, 0.25) is 0 Å². The number of carboxylic acids is 1. The summed E-state index contributed by atoms with van der Waals surface area (Å²) in [5.74, 6) is -2.40. The molecule has 0 aromatic carbocycles. The molecule has 0 saturated carbocycles. The van der Waals surface area contributed by atoms with Crippen molar-refractivity contribution in [3.05, 3.63) is 36.5 Å². The molecule has 0 rings (SSSR count). The van der Waals surface area contributed by atoms with Crippen molar-refractivity contribution in [2.24, 2.45) is 5.73 Å². The Balaban J connectivity index is 4.46. The summed E-state index contributed by atoms with van der Waals surface area (Å²) in [5.41, 5.74) is 5.31. The quantitative estimate of drug-likeness (QED) is 0.0241. The summed E-state index contributed by atoms with van der Waals surface area (Å²) < 4.78 is 32.6. The molecule has 0 heterocycles. The third-order valence-corrected chi connectivity index (χ3v) is 9.10. The van der Waals surface area contributed by atoms with Gasteiger partial charge < -0.3 is 25.2 Å². The summed E-state index contributed by atoms with van der Waals surface area (Å²) in [7, 11) is -4.71. The van der Waals surface area contributed by atoms with E-state index < -0.39 is 51.1 Å². The van der Waals surface area contributed by atoms with Crippen molar-refractivity contribution in [3.63, 3.8) is 0 Å². The van der Waals surface area contributed by atoms with Gasteiger partial charge in [0.1, 0.15) is 12.6 Å². The predicted molar refractivity (Wildman–Crippen MR) is 203 cm³/mol. The zero-order valence-corrected chi connectivity index (χ0v) is 32.6. The third kappa shape index (κ3) is 34.5. The molecule has 1 unspecified atom stereocenters. The van der Waals surface area contributed by atoms with Crippen LogP contribution in [0.15, 0.2) is 36.5 Å². The van der Waals surface area contributed by atoms with Gasteiger partial charge in [-0.3, -0.25) is 23.4 Å². The second-order valence-electron chi connectivity index (χ2n) is 13.0. The van der Waals surface area contributed by atoms with Crippen LogP contribution < -0.4 is 5.73 Å². The fraction of sp³-hybridized carbons (Fsp3) is 0.769. The predicted octanol–water partition coefficient (Wildman–Crippen LogP) is 9.67. The van der Waals surface area contributed by atoms with Crippen LogP contribution in [-0.4, -0.2) is 59.9 Å². The van der Waals surface area contributed by atoms with E-state index in [1.807, 2.05) is 0 Å². The topological polar surface area (TPSA) is 172 Å². The minimum absolute atomic E-state index is 0.143. The Morgan fingerprint density at radius 1 is 0.627 bits per heavy atom. The molecule has 0 saturated heterocycles. The minimum Gasteiger partial charge on any atom is -0.480 e. The molecule has 3 atom stereocenters. The molecule has 0 amide bonds. The number of esters is 2. The van der Waals surface area contributed by atoms with E-state index in [1.165, 1.54) is 51.4 Å². The highest BCUT2D eigenvalue weighted by atomic mass is 31.2. The Kier molecular flexibility index (Phi) is 33.2. The standard InChI is InChI=1S/C39H70NO10P/c1-3-5-7-9-11-13-15-17-18-19-21-23-25-27-29-31-38(42)50-35(33-48-51(45,46)49-34-36(40)39(43)44)32-47-37(41)30-28-26-24-22-20-16-14-12-10-8-6-4-2/h5,7,11,13,17-18,35-36H,3-4,6,8-10,12,14-16,19-34,40H2,1-2H3,(H,43,44)(H,45,46)/b7-5-,13-11-,18-17-/t35-,36+/m1/s1. The first-order valence-electron chi connectivity index (χ1n) is 19.5. The van der Waals surface area contributed by atoms with Gasteiger partial charge in [-0.25, -0.2) is 4.57 Å². The highest BCUT2D eigenvalue weighted by molar-refractivity contribution is 7.47. The van der Waals surface area contributed by atoms with Gasteiger partial charge in [-0.05, 0) is 44.9 Å². The number of aliphatic carboxylic acids is 1. The smallest absolute Gasteiger partial charge is 0.472 e. The van der Waals surface area contributed by atoms with Crippen molar-refractivity contribution in [3.8, 4) is 0 Å². The Bertz CT molecular complexity index is 1020. The van der Waals surface area contributed by atoms with Gasteiger partial charge in [0.2, 0.25) is 0 Å². The number of carboxylic acid groups (broad SMARTS) is 1. The maximum atomic E-state index is 12.6. The van der Waals surface area contributed by atoms with Crippen LogP contribution in [0.25, 0.3) is 0 Å². The fourth-order valence-corrected chi connectivity index (χ4v) is 5.86. The van der Waals surface area contributed by atoms with Gasteiger partial charge >= 0.3 is 25.7 Å². The van der Waals surface area contributed by atoms with Crippen molar-refractivity contribution in [2.75, 3.05) is 19.8 Å². The van der Waals surface area contributed by atoms with Crippen LogP contribution in [0.5, 0.6) is 0 Å². The summed E-state index contributed by atoms with van der Waals surface area (Å²) in [6.07, 6.45) is 35.0. The average molecular weight is 744 g/mol. The van der Waals surface area contributed by atoms with Crippen LogP contribution in [0, 0.1) is 0 Å². The number of carbonyl (C=O) groups excluding carboxylic acids is 2. The number of phosphoric acid groups is 1. The molecule has 11 nitrogen and oxygen atoms in total. The first-order valence-corrected chi connectivity index (χ1v) is 21.0. The molecule has 4 N–H and O–H groups in total. The number of phosphoric ester groups is 1. The van der Waals surface area contributed by atoms with Gasteiger partial charge in [-0.1, -0.05) is 140 Å². The highest BCUT2D eigenvalue weighted by Crippen LogP contribution is 2.43. The lowest BCUT2D eigenvalue weighted by Gasteiger charge is -2.20. The van der Waals surface area contributed by atoms with Gasteiger partial charge in [0.15, 0.2) is 6.10 Å². The third-order valence-electron chi connectivity index (χ3n) is 8.15. The molecule has 0 radical (unpaired) electrons. The zero-order valence-electron chi connectivity index (χ0n) is 31.7. The number of unbranched alkanes of at least 4 members (excludes halogenated alkanes) is 16. The highest BCUT2D eigenvalue weighted by Gasteiger charge is 2.28. The average Bonchev–Trinajstić information content (AvgIpc) is 3.10. The van der Waals surface area contributed by atoms with E-state index in [9.17, 15) is 23.8 Å². The SMILES string of the molecule is CC/C=C\C/C=C\C/C=C\CCCCCCCC(=O)O[C@H](COC(=O)CCCCCCCCCCCCCC)COP(=O)(O)OC[C@H](N)C(=O)O. The van der Waals surface area contributed by atoms with E-state index in [1.54, 1.807) is 0 Å². The summed E-state index contributed by atoms with van der Waals surface area (Å²) >= 11 is 0. The minimum atomic E-state index is -4.71. The Morgan fingerprint density at radius 3 is 1.65 bits per heavy atom. The lowest BCUT2D eigenvalue weighted by molar-refractivity contribution is -0.161. The van der Waals surface area contributed by atoms with E-state index >= 15 is 0 Å². The lowest BCUT2D eigenvalue weighted by Crippen LogP contribution is -2.34. The number of hydrogen-bond donors (Lipinski definition) is 3. The number of hydrogen-bond acceptors (Lipinski definition) is 9. The van der Waals surface area contributed by atoms with E-state index in [0.29, 0.717) is 12.8 Å². The maximum Gasteiger partial charge on any atom is 0.472 e. The van der Waals surface area contributed by atoms with Crippen molar-refractivity contribution in [1.29, 1.82) is 0 Å². The van der Waals surface area contributed by atoms with Gasteiger partial charge in [0.25, 0.3) is 0 Å². The monoisotopic (exact) mass is 743 g/mol. The van der Waals surface area contributed by atoms with Crippen molar-refractivity contribution in [2.45, 2.75) is 174 Å². The van der Waals surface area contributed by atoms with Crippen LogP contribution in [0.3, 0.4) is 0 Å². The van der Waals surface area contributed by atoms with Crippen molar-refractivity contribution in [1.82, 2.24) is 0 Å². The summed E-state index contributed by atoms with van der Waals surface area (Å²) in [6.45, 7) is 2.65. The largest absolute Gasteiger partial charge is 0.480 e. The number of nitrogens with two attached hydrogens (primary N) is 1. The zero-order chi connectivity index (χ0) is 37.8. The van der Waals surface area contributed by atoms with Gasteiger partial charge in [-0.15, -0.1) is 0 Å². The Morgan fingerprint density at radius 2 is 1.10 bits per heavy atom. The Hall–Kier alpha value is -2.30. The molecular weight excluding hydrogens is 673 g/mol. The first kappa shape index (κ1) is 48.7. The molecule has 296 valence electrons. The molecule has 0 aliphatic rings. The van der Waals surface area contributed by atoms with Gasteiger partial charge in [-0.2, -0.15) is 0 Å².